The lowest BCUT2D eigenvalue weighted by molar-refractivity contribution is 0.321. The predicted octanol–water partition coefficient (Wildman–Crippen LogP) is 9.02. The minimum Gasteiger partial charge on any atom is -0.493 e. The number of benzene rings is 3. The maximum atomic E-state index is 6.17. The molecule has 0 saturated carbocycles. The normalized spacial score (nSPS) is 14.5. The first kappa shape index (κ1) is 28.6. The molecule has 1 atom stereocenters. The van der Waals surface area contributed by atoms with Crippen molar-refractivity contribution in [1.82, 2.24) is 4.98 Å². The fourth-order valence-electron chi connectivity index (χ4n) is 4.69. The second kappa shape index (κ2) is 14.1. The lowest BCUT2D eigenvalue weighted by atomic mass is 9.84. The van der Waals surface area contributed by atoms with Crippen LogP contribution in [0.5, 0.6) is 11.6 Å². The van der Waals surface area contributed by atoms with Crippen LogP contribution in [-0.4, -0.2) is 24.9 Å². The van der Waals surface area contributed by atoms with E-state index in [0.717, 1.165) is 39.8 Å². The third kappa shape index (κ3) is 6.49. The Morgan fingerprint density at radius 2 is 1.71 bits per heavy atom. The van der Waals surface area contributed by atoms with Crippen molar-refractivity contribution in [3.63, 3.8) is 0 Å². The van der Waals surface area contributed by atoms with Gasteiger partial charge >= 0.3 is 0 Å². The van der Waals surface area contributed by atoms with Gasteiger partial charge in [-0.1, -0.05) is 70.2 Å². The van der Waals surface area contributed by atoms with Crippen molar-refractivity contribution >= 4 is 17.1 Å². The second-order valence-electron chi connectivity index (χ2n) is 8.57. The highest BCUT2D eigenvalue weighted by Gasteiger charge is 2.20. The SMILES string of the molecule is CC.CC.CC=N/C=C(\C)C1c2cccc(c2)OCCc2cccc(c2)-c2cc(OC)nc3ccc1cc23. The molecule has 4 nitrogen and oxygen atoms in total. The molecular formula is C34H40N2O2. The minimum absolute atomic E-state index is 0.0425. The number of aromatic nitrogens is 1. The van der Waals surface area contributed by atoms with E-state index in [1.54, 1.807) is 7.11 Å². The summed E-state index contributed by atoms with van der Waals surface area (Å²) < 4.78 is 11.7. The van der Waals surface area contributed by atoms with Crippen molar-refractivity contribution in [3.8, 4) is 22.8 Å². The predicted molar refractivity (Wildman–Crippen MR) is 162 cm³/mol. The zero-order valence-corrected chi connectivity index (χ0v) is 23.8. The Bertz CT molecular complexity index is 1410. The number of hydrogen-bond donors (Lipinski definition) is 0. The maximum absolute atomic E-state index is 6.17. The van der Waals surface area contributed by atoms with Crippen LogP contribution in [0.15, 0.2) is 89.6 Å². The van der Waals surface area contributed by atoms with Crippen molar-refractivity contribution in [2.24, 2.45) is 4.99 Å². The second-order valence-corrected chi connectivity index (χ2v) is 8.57. The Morgan fingerprint density at radius 1 is 0.947 bits per heavy atom. The van der Waals surface area contributed by atoms with Gasteiger partial charge < -0.3 is 9.47 Å². The minimum atomic E-state index is 0.0425. The monoisotopic (exact) mass is 508 g/mol. The van der Waals surface area contributed by atoms with E-state index in [-0.39, 0.29) is 5.92 Å². The Kier molecular flexibility index (Phi) is 10.7. The Hall–Kier alpha value is -3.92. The molecule has 2 heterocycles. The molecule has 0 amide bonds. The van der Waals surface area contributed by atoms with Gasteiger partial charge in [0.15, 0.2) is 0 Å². The number of pyridine rings is 1. The molecule has 0 radical (unpaired) electrons. The summed E-state index contributed by atoms with van der Waals surface area (Å²) in [5.41, 5.74) is 7.94. The van der Waals surface area contributed by atoms with E-state index in [4.69, 9.17) is 14.5 Å². The summed E-state index contributed by atoms with van der Waals surface area (Å²) in [5.74, 6) is 1.54. The zero-order chi connectivity index (χ0) is 27.5. The molecule has 0 N–H and O–H groups in total. The van der Waals surface area contributed by atoms with Gasteiger partial charge in [0.1, 0.15) is 5.75 Å². The molecule has 1 unspecified atom stereocenters. The number of aliphatic imine (C=N–C) groups is 1. The largest absolute Gasteiger partial charge is 0.493 e. The van der Waals surface area contributed by atoms with Gasteiger partial charge in [0, 0.05) is 36.2 Å². The van der Waals surface area contributed by atoms with Crippen LogP contribution < -0.4 is 9.47 Å². The van der Waals surface area contributed by atoms with Crippen LogP contribution in [0.1, 0.15) is 64.2 Å². The lowest BCUT2D eigenvalue weighted by Crippen LogP contribution is -2.06. The molecule has 0 saturated heterocycles. The smallest absolute Gasteiger partial charge is 0.214 e. The van der Waals surface area contributed by atoms with Crippen LogP contribution in [0.4, 0.5) is 0 Å². The molecule has 3 aromatic carbocycles. The summed E-state index contributed by atoms with van der Waals surface area (Å²) >= 11 is 0. The first-order valence-corrected chi connectivity index (χ1v) is 13.6. The summed E-state index contributed by atoms with van der Waals surface area (Å²) in [6.45, 7) is 12.7. The number of nitrogens with zero attached hydrogens (tertiary/aromatic N) is 2. The van der Waals surface area contributed by atoms with E-state index in [2.05, 4.69) is 72.6 Å². The van der Waals surface area contributed by atoms with Crippen molar-refractivity contribution in [2.45, 2.75) is 53.9 Å². The topological polar surface area (TPSA) is 43.7 Å². The Labute approximate surface area is 228 Å². The molecule has 198 valence electrons. The van der Waals surface area contributed by atoms with Gasteiger partial charge in [0.2, 0.25) is 5.88 Å². The summed E-state index contributed by atoms with van der Waals surface area (Å²) in [4.78, 5) is 9.15. The molecule has 0 fully saturated rings. The van der Waals surface area contributed by atoms with Crippen molar-refractivity contribution in [1.29, 1.82) is 0 Å². The molecule has 0 spiro atoms. The van der Waals surface area contributed by atoms with Crippen LogP contribution in [0, 0.1) is 0 Å². The molecule has 5 rings (SSSR count). The number of methoxy groups -OCH3 is 1. The average Bonchev–Trinajstić information content (AvgIpc) is 2.97. The number of rotatable bonds is 3. The molecule has 0 aliphatic carbocycles. The molecular weight excluding hydrogens is 468 g/mol. The van der Waals surface area contributed by atoms with Crippen LogP contribution in [0.3, 0.4) is 0 Å². The molecule has 1 aliphatic rings. The quantitative estimate of drug-likeness (QED) is 0.259. The Balaban J connectivity index is 0.000000956. The molecule has 4 aromatic rings. The maximum Gasteiger partial charge on any atom is 0.214 e. The van der Waals surface area contributed by atoms with Gasteiger partial charge in [0.05, 0.1) is 19.2 Å². The fraction of sp³-hybridized carbons (Fsp3) is 0.294. The van der Waals surface area contributed by atoms with Gasteiger partial charge in [-0.2, -0.15) is 0 Å². The molecule has 6 bridgehead atoms. The van der Waals surface area contributed by atoms with Gasteiger partial charge in [-0.15, -0.1) is 0 Å². The summed E-state index contributed by atoms with van der Waals surface area (Å²) in [5, 5.41) is 1.11. The highest BCUT2D eigenvalue weighted by molar-refractivity contribution is 5.96. The highest BCUT2D eigenvalue weighted by Crippen LogP contribution is 2.38. The first-order chi connectivity index (χ1) is 18.7. The third-order valence-electron chi connectivity index (χ3n) is 6.32. The fourth-order valence-corrected chi connectivity index (χ4v) is 4.69. The van der Waals surface area contributed by atoms with Gasteiger partial charge in [-0.25, -0.2) is 4.98 Å². The van der Waals surface area contributed by atoms with Gasteiger partial charge in [0.25, 0.3) is 0 Å². The highest BCUT2D eigenvalue weighted by atomic mass is 16.5. The van der Waals surface area contributed by atoms with Crippen LogP contribution in [0.2, 0.25) is 0 Å². The van der Waals surface area contributed by atoms with Crippen LogP contribution >= 0.6 is 0 Å². The van der Waals surface area contributed by atoms with E-state index in [0.29, 0.717) is 12.5 Å². The average molecular weight is 509 g/mol. The van der Waals surface area contributed by atoms with E-state index in [1.807, 2.05) is 59.2 Å². The first-order valence-electron chi connectivity index (χ1n) is 13.6. The van der Waals surface area contributed by atoms with Gasteiger partial charge in [-0.3, -0.25) is 4.99 Å². The molecule has 1 aromatic heterocycles. The van der Waals surface area contributed by atoms with E-state index >= 15 is 0 Å². The van der Waals surface area contributed by atoms with Crippen LogP contribution in [0.25, 0.3) is 22.0 Å². The number of hydrogen-bond acceptors (Lipinski definition) is 4. The Morgan fingerprint density at radius 3 is 2.47 bits per heavy atom. The number of allylic oxidation sites excluding steroid dienone is 1. The lowest BCUT2D eigenvalue weighted by Gasteiger charge is -2.21. The molecule has 1 aliphatic heterocycles. The third-order valence-corrected chi connectivity index (χ3v) is 6.32. The van der Waals surface area contributed by atoms with Crippen molar-refractivity contribution < 1.29 is 9.47 Å². The van der Waals surface area contributed by atoms with Crippen LogP contribution in [-0.2, 0) is 6.42 Å². The summed E-state index contributed by atoms with van der Waals surface area (Å²) in [6, 6.07) is 25.6. The molecule has 4 heteroatoms. The number of ether oxygens (including phenoxy) is 2. The number of fused-ring (bicyclic) bond motifs is 6. The standard InChI is InChI=1S/C30H28N2O2.2C2H6/c1-4-31-19-20(2)30-23-9-6-10-25(16-23)34-14-13-21-7-5-8-22(15-21)26-18-29(33-3)32-28-12-11-24(30)17-27(26)28;2*1-2/h4-12,15-19,30H,13-14H2,1-3H3;2*1-2H3/b20-19+,31-4?;;. The van der Waals surface area contributed by atoms with Crippen molar-refractivity contribution in [2.75, 3.05) is 13.7 Å². The van der Waals surface area contributed by atoms with Crippen molar-refractivity contribution in [3.05, 3.63) is 101 Å². The zero-order valence-electron chi connectivity index (χ0n) is 23.8. The summed E-state index contributed by atoms with van der Waals surface area (Å²) in [7, 11) is 1.66. The molecule has 38 heavy (non-hydrogen) atoms. The van der Waals surface area contributed by atoms with E-state index in [9.17, 15) is 0 Å². The summed E-state index contributed by atoms with van der Waals surface area (Å²) in [6.07, 6.45) is 4.59. The van der Waals surface area contributed by atoms with E-state index in [1.165, 1.54) is 16.7 Å². The van der Waals surface area contributed by atoms with Gasteiger partial charge in [-0.05, 0) is 71.5 Å². The van der Waals surface area contributed by atoms with E-state index < -0.39 is 0 Å².